The zero-order valence-corrected chi connectivity index (χ0v) is 13.2. The quantitative estimate of drug-likeness (QED) is 0.924. The Morgan fingerprint density at radius 3 is 3.05 bits per heavy atom. The van der Waals surface area contributed by atoms with E-state index in [1.165, 1.54) is 17.9 Å². The second kappa shape index (κ2) is 7.36. The number of rotatable bonds is 4. The van der Waals surface area contributed by atoms with Crippen LogP contribution in [-0.2, 0) is 6.54 Å². The number of hydrogen-bond donors (Lipinski definition) is 1. The van der Waals surface area contributed by atoms with Crippen molar-refractivity contribution in [1.29, 1.82) is 0 Å². The average Bonchev–Trinajstić information content (AvgIpc) is 2.66. The molecule has 1 aliphatic heterocycles. The fraction of sp³-hybridized carbons (Fsp3) is 0.643. The fourth-order valence-corrected chi connectivity index (χ4v) is 3.12. The van der Waals surface area contributed by atoms with Gasteiger partial charge < -0.3 is 10.2 Å². The molecule has 2 rings (SSSR count). The van der Waals surface area contributed by atoms with Gasteiger partial charge in [0.2, 0.25) is 0 Å². The first-order valence-corrected chi connectivity index (χ1v) is 8.40. The van der Waals surface area contributed by atoms with Crippen molar-refractivity contribution >= 4 is 29.2 Å². The highest BCUT2D eigenvalue weighted by Crippen LogP contribution is 2.22. The first kappa shape index (κ1) is 14.9. The second-order valence-corrected chi connectivity index (χ2v) is 6.75. The largest absolute Gasteiger partial charge is 0.356 e. The predicted molar refractivity (Wildman–Crippen MR) is 85.4 cm³/mol. The van der Waals surface area contributed by atoms with Crippen molar-refractivity contribution in [3.05, 3.63) is 22.8 Å². The molecule has 106 valence electrons. The molecule has 5 heteroatoms. The molecular weight excluding hydrogens is 278 g/mol. The van der Waals surface area contributed by atoms with Gasteiger partial charge in [0.25, 0.3) is 0 Å². The summed E-state index contributed by atoms with van der Waals surface area (Å²) in [6, 6.07) is 2.59. The van der Waals surface area contributed by atoms with E-state index in [9.17, 15) is 0 Å². The number of nitrogens with zero attached hydrogens (tertiary/aromatic N) is 2. The molecule has 1 fully saturated rings. The Kier molecular flexibility index (Phi) is 5.79. The summed E-state index contributed by atoms with van der Waals surface area (Å²) in [6.45, 7) is 7.26. The number of thioether (sulfide) groups is 1. The van der Waals surface area contributed by atoms with Crippen LogP contribution < -0.4 is 10.2 Å². The standard InChI is InChI=1S/C14H22ClN3S/c1-11(2)16-9-12-8-14(17-10-13(12)15)18-4-3-6-19-7-5-18/h8,10-11,16H,3-7,9H2,1-2H3. The van der Waals surface area contributed by atoms with Crippen molar-refractivity contribution < 1.29 is 0 Å². The first-order valence-electron chi connectivity index (χ1n) is 6.87. The minimum absolute atomic E-state index is 0.460. The van der Waals surface area contributed by atoms with Crippen LogP contribution in [0, 0.1) is 0 Å². The summed E-state index contributed by atoms with van der Waals surface area (Å²) >= 11 is 8.25. The van der Waals surface area contributed by atoms with Crippen molar-refractivity contribution in [2.24, 2.45) is 0 Å². The summed E-state index contributed by atoms with van der Waals surface area (Å²) in [5.41, 5.74) is 1.14. The lowest BCUT2D eigenvalue weighted by Crippen LogP contribution is -2.27. The van der Waals surface area contributed by atoms with Gasteiger partial charge in [0.05, 0.1) is 5.02 Å². The van der Waals surface area contributed by atoms with E-state index in [0.717, 1.165) is 36.0 Å². The maximum Gasteiger partial charge on any atom is 0.128 e. The third-order valence-corrected chi connectivity index (χ3v) is 4.56. The lowest BCUT2D eigenvalue weighted by atomic mass is 10.2. The zero-order valence-electron chi connectivity index (χ0n) is 11.7. The Hall–Kier alpha value is -0.450. The van der Waals surface area contributed by atoms with Gasteiger partial charge in [-0.3, -0.25) is 0 Å². The summed E-state index contributed by atoms with van der Waals surface area (Å²) in [5, 5.41) is 4.16. The highest BCUT2D eigenvalue weighted by atomic mass is 35.5. The van der Waals surface area contributed by atoms with Crippen molar-refractivity contribution in [2.75, 3.05) is 29.5 Å². The average molecular weight is 300 g/mol. The lowest BCUT2D eigenvalue weighted by Gasteiger charge is -2.22. The molecule has 1 aliphatic rings. The zero-order chi connectivity index (χ0) is 13.7. The van der Waals surface area contributed by atoms with Gasteiger partial charge >= 0.3 is 0 Å². The van der Waals surface area contributed by atoms with Crippen LogP contribution in [-0.4, -0.2) is 35.6 Å². The molecule has 0 saturated carbocycles. The van der Waals surface area contributed by atoms with Gasteiger partial charge in [0, 0.05) is 37.6 Å². The smallest absolute Gasteiger partial charge is 0.128 e. The van der Waals surface area contributed by atoms with E-state index in [1.54, 1.807) is 6.20 Å². The SMILES string of the molecule is CC(C)NCc1cc(N2CCCSCC2)ncc1Cl. The van der Waals surface area contributed by atoms with E-state index >= 15 is 0 Å². The maximum atomic E-state index is 6.23. The minimum Gasteiger partial charge on any atom is -0.356 e. The van der Waals surface area contributed by atoms with Crippen LogP contribution in [0.3, 0.4) is 0 Å². The molecule has 0 atom stereocenters. The fourth-order valence-electron chi connectivity index (χ4n) is 2.07. The normalized spacial score (nSPS) is 16.7. The highest BCUT2D eigenvalue weighted by Gasteiger charge is 2.13. The number of nitrogens with one attached hydrogen (secondary N) is 1. The van der Waals surface area contributed by atoms with Gasteiger partial charge in [-0.05, 0) is 23.8 Å². The van der Waals surface area contributed by atoms with Crippen molar-refractivity contribution in [3.8, 4) is 0 Å². The van der Waals surface area contributed by atoms with Gasteiger partial charge in [-0.2, -0.15) is 11.8 Å². The van der Waals surface area contributed by atoms with Crippen molar-refractivity contribution in [2.45, 2.75) is 32.9 Å². The third kappa shape index (κ3) is 4.55. The topological polar surface area (TPSA) is 28.2 Å². The molecule has 0 amide bonds. The van der Waals surface area contributed by atoms with Crippen LogP contribution in [0.4, 0.5) is 5.82 Å². The van der Waals surface area contributed by atoms with Crippen molar-refractivity contribution in [3.63, 3.8) is 0 Å². The molecule has 1 saturated heterocycles. The number of aromatic nitrogens is 1. The van der Waals surface area contributed by atoms with Crippen LogP contribution in [0.5, 0.6) is 0 Å². The summed E-state index contributed by atoms with van der Waals surface area (Å²) in [4.78, 5) is 6.86. The number of halogens is 1. The van der Waals surface area contributed by atoms with Gasteiger partial charge in [0.1, 0.15) is 5.82 Å². The Morgan fingerprint density at radius 1 is 1.42 bits per heavy atom. The van der Waals surface area contributed by atoms with E-state index in [4.69, 9.17) is 11.6 Å². The molecule has 0 radical (unpaired) electrons. The van der Waals surface area contributed by atoms with Crippen molar-refractivity contribution in [1.82, 2.24) is 10.3 Å². The molecular formula is C14H22ClN3S. The first-order chi connectivity index (χ1) is 9.16. The summed E-state index contributed by atoms with van der Waals surface area (Å²) in [5.74, 6) is 3.50. The molecule has 2 heterocycles. The molecule has 0 aromatic carbocycles. The molecule has 0 spiro atoms. The van der Waals surface area contributed by atoms with Gasteiger partial charge in [0.15, 0.2) is 0 Å². The van der Waals surface area contributed by atoms with Crippen LogP contribution >= 0.6 is 23.4 Å². The second-order valence-electron chi connectivity index (χ2n) is 5.12. The van der Waals surface area contributed by atoms with Crippen LogP contribution in [0.15, 0.2) is 12.3 Å². The van der Waals surface area contributed by atoms with E-state index in [0.29, 0.717) is 6.04 Å². The number of hydrogen-bond acceptors (Lipinski definition) is 4. The van der Waals surface area contributed by atoms with E-state index < -0.39 is 0 Å². The molecule has 1 aromatic heterocycles. The maximum absolute atomic E-state index is 6.23. The van der Waals surface area contributed by atoms with E-state index in [2.05, 4.69) is 35.1 Å². The summed E-state index contributed by atoms with van der Waals surface area (Å²) in [7, 11) is 0. The number of pyridine rings is 1. The molecule has 0 bridgehead atoms. The molecule has 0 aliphatic carbocycles. The Bertz CT molecular complexity index is 404. The molecule has 3 nitrogen and oxygen atoms in total. The Morgan fingerprint density at radius 2 is 2.26 bits per heavy atom. The van der Waals surface area contributed by atoms with Crippen LogP contribution in [0.2, 0.25) is 5.02 Å². The third-order valence-electron chi connectivity index (χ3n) is 3.17. The van der Waals surface area contributed by atoms with Gasteiger partial charge in [-0.25, -0.2) is 4.98 Å². The Balaban J connectivity index is 2.10. The van der Waals surface area contributed by atoms with Gasteiger partial charge in [-0.1, -0.05) is 25.4 Å². The van der Waals surface area contributed by atoms with E-state index in [-0.39, 0.29) is 0 Å². The Labute approximate surface area is 125 Å². The lowest BCUT2D eigenvalue weighted by molar-refractivity contribution is 0.588. The van der Waals surface area contributed by atoms with Crippen LogP contribution in [0.1, 0.15) is 25.8 Å². The number of anilines is 1. The highest BCUT2D eigenvalue weighted by molar-refractivity contribution is 7.99. The van der Waals surface area contributed by atoms with E-state index in [1.807, 2.05) is 11.8 Å². The minimum atomic E-state index is 0.460. The monoisotopic (exact) mass is 299 g/mol. The van der Waals surface area contributed by atoms with Crippen LogP contribution in [0.25, 0.3) is 0 Å². The summed E-state index contributed by atoms with van der Waals surface area (Å²) in [6.07, 6.45) is 3.01. The molecule has 1 N–H and O–H groups in total. The molecule has 19 heavy (non-hydrogen) atoms. The summed E-state index contributed by atoms with van der Waals surface area (Å²) < 4.78 is 0. The molecule has 0 unspecified atom stereocenters. The predicted octanol–water partition coefficient (Wildman–Crippen LogP) is 3.18. The molecule has 1 aromatic rings. The van der Waals surface area contributed by atoms with Gasteiger partial charge in [-0.15, -0.1) is 0 Å².